The molecule has 1 aromatic carbocycles. The number of nitrogens with one attached hydrogen (secondary N) is 2. The van der Waals surface area contributed by atoms with E-state index in [4.69, 9.17) is 14.3 Å². The van der Waals surface area contributed by atoms with Gasteiger partial charge in [0.25, 0.3) is 5.91 Å². The van der Waals surface area contributed by atoms with Gasteiger partial charge in [-0.2, -0.15) is 0 Å². The van der Waals surface area contributed by atoms with E-state index < -0.39 is 5.97 Å². The van der Waals surface area contributed by atoms with Gasteiger partial charge in [-0.1, -0.05) is 18.6 Å². The average Bonchev–Trinajstić information content (AvgIpc) is 3.41. The Labute approximate surface area is 170 Å². The largest absolute Gasteiger partial charge is 0.481 e. The quantitative estimate of drug-likeness (QED) is 0.502. The Bertz CT molecular complexity index is 773. The summed E-state index contributed by atoms with van der Waals surface area (Å²) in [7, 11) is 0. The number of carboxylic acid groups (broad SMARTS) is 1. The Balaban J connectivity index is 1.39. The van der Waals surface area contributed by atoms with Crippen LogP contribution in [0.2, 0.25) is 0 Å². The van der Waals surface area contributed by atoms with Crippen LogP contribution in [-0.2, 0) is 9.53 Å². The number of hydrogen-bond acceptors (Lipinski definition) is 5. The molecule has 3 N–H and O–H groups in total. The second kappa shape index (κ2) is 10.8. The fourth-order valence-corrected chi connectivity index (χ4v) is 3.45. The number of benzene rings is 1. The first-order valence-electron chi connectivity index (χ1n) is 10.1. The highest BCUT2D eigenvalue weighted by Crippen LogP contribution is 2.20. The number of ether oxygens (including phenoxy) is 1. The minimum atomic E-state index is -0.752. The summed E-state index contributed by atoms with van der Waals surface area (Å²) in [6, 6.07) is 11.1. The van der Waals surface area contributed by atoms with Gasteiger partial charge < -0.3 is 24.9 Å². The number of rotatable bonds is 11. The number of unbranched alkanes of at least 4 members (excludes halogenated alkanes) is 2. The number of carbonyl (C=O) groups excluding carboxylic acids is 1. The van der Waals surface area contributed by atoms with E-state index in [1.54, 1.807) is 18.4 Å². The molecule has 2 atom stereocenters. The van der Waals surface area contributed by atoms with Crippen LogP contribution in [0.5, 0.6) is 0 Å². The molecule has 1 aliphatic rings. The fourth-order valence-electron chi connectivity index (χ4n) is 3.45. The Morgan fingerprint density at radius 2 is 1.97 bits per heavy atom. The van der Waals surface area contributed by atoms with Crippen LogP contribution < -0.4 is 10.6 Å². The van der Waals surface area contributed by atoms with Crippen molar-refractivity contribution in [2.45, 2.75) is 31.8 Å². The summed E-state index contributed by atoms with van der Waals surface area (Å²) in [6.45, 7) is 2.75. The summed E-state index contributed by atoms with van der Waals surface area (Å²) < 4.78 is 11.3. The van der Waals surface area contributed by atoms with Gasteiger partial charge in [-0.15, -0.1) is 0 Å². The third kappa shape index (κ3) is 6.44. The third-order valence-corrected chi connectivity index (χ3v) is 5.12. The Morgan fingerprint density at radius 3 is 2.69 bits per heavy atom. The van der Waals surface area contributed by atoms with Crippen molar-refractivity contribution in [2.24, 2.45) is 5.92 Å². The summed E-state index contributed by atoms with van der Waals surface area (Å²) in [5, 5.41) is 15.0. The molecule has 0 bridgehead atoms. The standard InChI is InChI=1S/C22H28N2O5/c25-21(26)6-2-1-3-11-29-20-15-23-13-18(20)14-24-22(27)17-9-7-16(8-10-17)19-5-4-12-28-19/h4-5,7-10,12,18,20,23H,1-3,6,11,13-15H2,(H,24,27)(H,25,26). The maximum Gasteiger partial charge on any atom is 0.303 e. The van der Waals surface area contributed by atoms with Gasteiger partial charge in [0, 0.05) is 49.7 Å². The number of furan rings is 1. The van der Waals surface area contributed by atoms with E-state index >= 15 is 0 Å². The molecular weight excluding hydrogens is 372 g/mol. The smallest absolute Gasteiger partial charge is 0.303 e. The molecule has 0 saturated carbocycles. The maximum atomic E-state index is 12.4. The summed E-state index contributed by atoms with van der Waals surface area (Å²) in [5.74, 6) is 0.143. The molecule has 3 rings (SSSR count). The second-order valence-electron chi connectivity index (χ2n) is 7.30. The van der Waals surface area contributed by atoms with Crippen molar-refractivity contribution in [3.8, 4) is 11.3 Å². The number of carbonyl (C=O) groups is 2. The van der Waals surface area contributed by atoms with Crippen molar-refractivity contribution in [3.05, 3.63) is 48.2 Å². The first-order valence-corrected chi connectivity index (χ1v) is 10.1. The minimum absolute atomic E-state index is 0.0658. The number of amides is 1. The molecule has 7 heteroatoms. The van der Waals surface area contributed by atoms with Gasteiger partial charge in [0.15, 0.2) is 0 Å². The monoisotopic (exact) mass is 400 g/mol. The zero-order chi connectivity index (χ0) is 20.5. The van der Waals surface area contributed by atoms with Gasteiger partial charge in [-0.05, 0) is 37.1 Å². The minimum Gasteiger partial charge on any atom is -0.481 e. The van der Waals surface area contributed by atoms with Crippen LogP contribution >= 0.6 is 0 Å². The van der Waals surface area contributed by atoms with Crippen molar-refractivity contribution in [3.63, 3.8) is 0 Å². The average molecular weight is 400 g/mol. The lowest BCUT2D eigenvalue weighted by molar-refractivity contribution is -0.137. The van der Waals surface area contributed by atoms with Crippen molar-refractivity contribution in [1.29, 1.82) is 0 Å². The molecule has 1 amide bonds. The first-order chi connectivity index (χ1) is 14.1. The summed E-state index contributed by atoms with van der Waals surface area (Å²) in [6.07, 6.45) is 4.28. The third-order valence-electron chi connectivity index (χ3n) is 5.12. The van der Waals surface area contributed by atoms with Crippen LogP contribution in [0, 0.1) is 5.92 Å². The van der Waals surface area contributed by atoms with Crippen LogP contribution in [0.25, 0.3) is 11.3 Å². The molecular formula is C22H28N2O5. The highest BCUT2D eigenvalue weighted by atomic mass is 16.5. The van der Waals surface area contributed by atoms with E-state index in [0.29, 0.717) is 25.1 Å². The molecule has 2 unspecified atom stereocenters. The molecule has 1 saturated heterocycles. The lowest BCUT2D eigenvalue weighted by Gasteiger charge is -2.19. The lowest BCUT2D eigenvalue weighted by atomic mass is 10.1. The van der Waals surface area contributed by atoms with E-state index in [0.717, 1.165) is 37.3 Å². The zero-order valence-electron chi connectivity index (χ0n) is 16.4. The van der Waals surface area contributed by atoms with E-state index in [1.807, 2.05) is 24.3 Å². The van der Waals surface area contributed by atoms with E-state index in [2.05, 4.69) is 10.6 Å². The normalized spacial score (nSPS) is 18.6. The Morgan fingerprint density at radius 1 is 1.14 bits per heavy atom. The second-order valence-corrected chi connectivity index (χ2v) is 7.30. The molecule has 1 aliphatic heterocycles. The van der Waals surface area contributed by atoms with Gasteiger partial charge in [0.2, 0.25) is 0 Å². The van der Waals surface area contributed by atoms with Crippen LogP contribution in [0.1, 0.15) is 36.0 Å². The Kier molecular flexibility index (Phi) is 7.84. The molecule has 1 aromatic heterocycles. The van der Waals surface area contributed by atoms with Gasteiger partial charge in [0.05, 0.1) is 12.4 Å². The van der Waals surface area contributed by atoms with Crippen molar-refractivity contribution < 1.29 is 23.8 Å². The zero-order valence-corrected chi connectivity index (χ0v) is 16.4. The molecule has 0 spiro atoms. The predicted octanol–water partition coefficient (Wildman–Crippen LogP) is 2.93. The summed E-state index contributed by atoms with van der Waals surface area (Å²) in [4.78, 5) is 23.0. The molecule has 7 nitrogen and oxygen atoms in total. The van der Waals surface area contributed by atoms with Gasteiger partial charge >= 0.3 is 5.97 Å². The molecule has 156 valence electrons. The van der Waals surface area contributed by atoms with Crippen LogP contribution in [0.3, 0.4) is 0 Å². The van der Waals surface area contributed by atoms with Gasteiger partial charge in [-0.25, -0.2) is 0 Å². The highest BCUT2D eigenvalue weighted by molar-refractivity contribution is 5.94. The molecule has 0 radical (unpaired) electrons. The van der Waals surface area contributed by atoms with Crippen LogP contribution in [0.4, 0.5) is 0 Å². The number of hydrogen-bond donors (Lipinski definition) is 3. The number of carboxylic acids is 1. The van der Waals surface area contributed by atoms with Gasteiger partial charge in [-0.3, -0.25) is 9.59 Å². The first kappa shape index (κ1) is 21.1. The van der Waals surface area contributed by atoms with Crippen molar-refractivity contribution in [2.75, 3.05) is 26.2 Å². The molecule has 2 aromatic rings. The Hall–Kier alpha value is -2.64. The van der Waals surface area contributed by atoms with Crippen LogP contribution in [-0.4, -0.2) is 49.3 Å². The highest BCUT2D eigenvalue weighted by Gasteiger charge is 2.28. The molecule has 2 heterocycles. The topological polar surface area (TPSA) is 101 Å². The van der Waals surface area contributed by atoms with Gasteiger partial charge in [0.1, 0.15) is 5.76 Å². The summed E-state index contributed by atoms with van der Waals surface area (Å²) in [5.41, 5.74) is 1.55. The predicted molar refractivity (Wildman–Crippen MR) is 109 cm³/mol. The number of aliphatic carboxylic acids is 1. The van der Waals surface area contributed by atoms with E-state index in [-0.39, 0.29) is 24.3 Å². The molecule has 29 heavy (non-hydrogen) atoms. The van der Waals surface area contributed by atoms with Crippen molar-refractivity contribution >= 4 is 11.9 Å². The SMILES string of the molecule is O=C(O)CCCCCOC1CNCC1CNC(=O)c1ccc(-c2ccco2)cc1. The maximum absolute atomic E-state index is 12.4. The molecule has 1 fully saturated rings. The fraction of sp³-hybridized carbons (Fsp3) is 0.455. The van der Waals surface area contributed by atoms with Crippen LogP contribution in [0.15, 0.2) is 47.1 Å². The lowest BCUT2D eigenvalue weighted by Crippen LogP contribution is -2.35. The van der Waals surface area contributed by atoms with Crippen molar-refractivity contribution in [1.82, 2.24) is 10.6 Å². The summed E-state index contributed by atoms with van der Waals surface area (Å²) >= 11 is 0. The van der Waals surface area contributed by atoms with E-state index in [1.165, 1.54) is 0 Å². The van der Waals surface area contributed by atoms with E-state index in [9.17, 15) is 9.59 Å². The molecule has 0 aliphatic carbocycles.